The molecule has 0 aliphatic heterocycles. The zero-order valence-electron chi connectivity index (χ0n) is 11.0. The molecular weight excluding hydrogens is 242 g/mol. The third kappa shape index (κ3) is 3.52. The smallest absolute Gasteiger partial charge is 0.160 e. The zero-order valence-corrected chi connectivity index (χ0v) is 11.8. The summed E-state index contributed by atoms with van der Waals surface area (Å²) in [6.07, 6.45) is 0.879. The van der Waals surface area contributed by atoms with E-state index in [4.69, 9.17) is 5.73 Å². The van der Waals surface area contributed by atoms with Gasteiger partial charge in [-0.25, -0.2) is 0 Å². The number of hydrogen-bond donors (Lipinski definition) is 1. The lowest BCUT2D eigenvalue weighted by atomic mass is 10.1. The summed E-state index contributed by atoms with van der Waals surface area (Å²) >= 11 is 1.50. The Balaban J connectivity index is 0.000000771. The molecule has 2 rings (SSSR count). The van der Waals surface area contributed by atoms with Crippen LogP contribution >= 0.6 is 11.3 Å². The minimum atomic E-state index is 0.0328. The fourth-order valence-electron chi connectivity index (χ4n) is 1.55. The maximum Gasteiger partial charge on any atom is 0.160 e. The van der Waals surface area contributed by atoms with E-state index in [1.54, 1.807) is 0 Å². The van der Waals surface area contributed by atoms with Crippen molar-refractivity contribution in [3.63, 3.8) is 0 Å². The number of carbonyl (C=O) groups excluding carboxylic acids is 1. The van der Waals surface area contributed by atoms with Gasteiger partial charge in [0, 0.05) is 10.9 Å². The summed E-state index contributed by atoms with van der Waals surface area (Å²) < 4.78 is 0. The van der Waals surface area contributed by atoms with Crippen LogP contribution < -0.4 is 5.73 Å². The zero-order chi connectivity index (χ0) is 13.5. The second kappa shape index (κ2) is 7.09. The van der Waals surface area contributed by atoms with Crippen molar-refractivity contribution in [1.82, 2.24) is 0 Å². The van der Waals surface area contributed by atoms with Crippen LogP contribution in [0.5, 0.6) is 0 Å². The van der Waals surface area contributed by atoms with Crippen LogP contribution in [0.25, 0.3) is 10.4 Å². The maximum atomic E-state index is 10.6. The standard InChI is InChI=1S/C13H13NOS.C2H6/c1-9(14)10-3-2-4-11(7-10)13-6-5-12(8-15)16-13;1-2/h2-9H,14H2,1H3;1-2H3. The molecule has 0 spiro atoms. The Hall–Kier alpha value is -1.45. The molecule has 1 unspecified atom stereocenters. The van der Waals surface area contributed by atoms with Gasteiger partial charge in [0.1, 0.15) is 0 Å². The molecule has 2 nitrogen and oxygen atoms in total. The van der Waals surface area contributed by atoms with Crippen LogP contribution in [0.4, 0.5) is 0 Å². The van der Waals surface area contributed by atoms with Gasteiger partial charge in [-0.3, -0.25) is 4.79 Å². The fourth-order valence-corrected chi connectivity index (χ4v) is 2.37. The molecular formula is C15H19NOS. The van der Waals surface area contributed by atoms with Crippen molar-refractivity contribution >= 4 is 17.6 Å². The van der Waals surface area contributed by atoms with Gasteiger partial charge in [0.05, 0.1) is 4.88 Å². The highest BCUT2D eigenvalue weighted by molar-refractivity contribution is 7.17. The molecule has 1 aromatic carbocycles. The van der Waals surface area contributed by atoms with Crippen molar-refractivity contribution in [3.8, 4) is 10.4 Å². The summed E-state index contributed by atoms with van der Waals surface area (Å²) in [5.74, 6) is 0. The van der Waals surface area contributed by atoms with E-state index in [0.29, 0.717) is 0 Å². The van der Waals surface area contributed by atoms with Crippen LogP contribution in [0.2, 0.25) is 0 Å². The van der Waals surface area contributed by atoms with Crippen molar-refractivity contribution < 1.29 is 4.79 Å². The van der Waals surface area contributed by atoms with E-state index >= 15 is 0 Å². The number of carbonyl (C=O) groups is 1. The first-order chi connectivity index (χ1) is 8.70. The highest BCUT2D eigenvalue weighted by Crippen LogP contribution is 2.28. The second-order valence-corrected chi connectivity index (χ2v) is 4.85. The number of thiophene rings is 1. The van der Waals surface area contributed by atoms with Crippen LogP contribution in [-0.4, -0.2) is 6.29 Å². The Morgan fingerprint density at radius 1 is 1.22 bits per heavy atom. The Labute approximate surface area is 112 Å². The Bertz CT molecular complexity index is 503. The first-order valence-corrected chi connectivity index (χ1v) is 6.93. The molecule has 0 aliphatic rings. The first kappa shape index (κ1) is 14.6. The first-order valence-electron chi connectivity index (χ1n) is 6.11. The summed E-state index contributed by atoms with van der Waals surface area (Å²) in [6.45, 7) is 5.96. The van der Waals surface area contributed by atoms with Crippen molar-refractivity contribution in [1.29, 1.82) is 0 Å². The Morgan fingerprint density at radius 3 is 2.50 bits per heavy atom. The van der Waals surface area contributed by atoms with Gasteiger partial charge in [0.25, 0.3) is 0 Å². The molecule has 0 saturated heterocycles. The summed E-state index contributed by atoms with van der Waals surface area (Å²) in [5.41, 5.74) is 8.07. The summed E-state index contributed by atoms with van der Waals surface area (Å²) in [4.78, 5) is 12.5. The lowest BCUT2D eigenvalue weighted by Crippen LogP contribution is -2.04. The molecule has 1 heterocycles. The molecule has 3 heteroatoms. The number of aldehydes is 1. The average molecular weight is 261 g/mol. The summed E-state index contributed by atoms with van der Waals surface area (Å²) in [5, 5.41) is 0. The van der Waals surface area contributed by atoms with Crippen LogP contribution in [0.3, 0.4) is 0 Å². The molecule has 0 amide bonds. The fraction of sp³-hybridized carbons (Fsp3) is 0.267. The molecule has 1 atom stereocenters. The summed E-state index contributed by atoms with van der Waals surface area (Å²) in [7, 11) is 0. The lowest BCUT2D eigenvalue weighted by molar-refractivity contribution is 0.112. The van der Waals surface area contributed by atoms with Crippen molar-refractivity contribution in [2.45, 2.75) is 26.8 Å². The van der Waals surface area contributed by atoms with Gasteiger partial charge in [-0.15, -0.1) is 11.3 Å². The highest BCUT2D eigenvalue weighted by Gasteiger charge is 2.05. The number of hydrogen-bond acceptors (Lipinski definition) is 3. The van der Waals surface area contributed by atoms with E-state index < -0.39 is 0 Å². The maximum absolute atomic E-state index is 10.6. The van der Waals surface area contributed by atoms with Gasteiger partial charge in [-0.2, -0.15) is 0 Å². The molecule has 0 aliphatic carbocycles. The largest absolute Gasteiger partial charge is 0.324 e. The van der Waals surface area contributed by atoms with Crippen LogP contribution in [0.1, 0.15) is 42.0 Å². The van der Waals surface area contributed by atoms with Gasteiger partial charge in [0.2, 0.25) is 0 Å². The number of nitrogens with two attached hydrogens (primary N) is 1. The topological polar surface area (TPSA) is 43.1 Å². The summed E-state index contributed by atoms with van der Waals surface area (Å²) in [6, 6.07) is 12.0. The second-order valence-electron chi connectivity index (χ2n) is 3.73. The third-order valence-corrected chi connectivity index (χ3v) is 3.50. The van der Waals surface area contributed by atoms with Gasteiger partial charge >= 0.3 is 0 Å². The molecule has 0 radical (unpaired) electrons. The molecule has 2 N–H and O–H groups in total. The molecule has 96 valence electrons. The van der Waals surface area contributed by atoms with E-state index in [9.17, 15) is 4.79 Å². The van der Waals surface area contributed by atoms with Crippen LogP contribution in [0, 0.1) is 0 Å². The van der Waals surface area contributed by atoms with E-state index in [-0.39, 0.29) is 6.04 Å². The predicted octanol–water partition coefficient (Wildman–Crippen LogP) is 4.27. The molecule has 0 saturated carbocycles. The molecule has 1 aromatic heterocycles. The van der Waals surface area contributed by atoms with Gasteiger partial charge in [-0.05, 0) is 36.2 Å². The Morgan fingerprint density at radius 2 is 1.94 bits per heavy atom. The monoisotopic (exact) mass is 261 g/mol. The average Bonchev–Trinajstić information content (AvgIpc) is 2.90. The Kier molecular flexibility index (Phi) is 5.75. The molecule has 0 fully saturated rings. The van der Waals surface area contributed by atoms with Gasteiger partial charge < -0.3 is 5.73 Å². The lowest BCUT2D eigenvalue weighted by Gasteiger charge is -2.06. The van der Waals surface area contributed by atoms with E-state index in [2.05, 4.69) is 6.07 Å². The van der Waals surface area contributed by atoms with E-state index in [1.807, 2.05) is 51.1 Å². The molecule has 2 aromatic rings. The van der Waals surface area contributed by atoms with Crippen LogP contribution in [0.15, 0.2) is 36.4 Å². The normalized spacial score (nSPS) is 11.3. The van der Waals surface area contributed by atoms with Gasteiger partial charge in [0.15, 0.2) is 6.29 Å². The predicted molar refractivity (Wildman–Crippen MR) is 79.1 cm³/mol. The number of benzene rings is 1. The highest BCUT2D eigenvalue weighted by atomic mass is 32.1. The van der Waals surface area contributed by atoms with E-state index in [0.717, 1.165) is 27.2 Å². The van der Waals surface area contributed by atoms with Crippen molar-refractivity contribution in [2.24, 2.45) is 5.73 Å². The quantitative estimate of drug-likeness (QED) is 0.838. The SMILES string of the molecule is CC.CC(N)c1cccc(-c2ccc(C=O)s2)c1. The minimum absolute atomic E-state index is 0.0328. The van der Waals surface area contributed by atoms with E-state index in [1.165, 1.54) is 11.3 Å². The van der Waals surface area contributed by atoms with Crippen molar-refractivity contribution in [3.05, 3.63) is 46.8 Å². The molecule has 0 bridgehead atoms. The van der Waals surface area contributed by atoms with Gasteiger partial charge in [-0.1, -0.05) is 32.0 Å². The minimum Gasteiger partial charge on any atom is -0.324 e. The number of rotatable bonds is 3. The third-order valence-electron chi connectivity index (χ3n) is 2.44. The molecule has 18 heavy (non-hydrogen) atoms. The van der Waals surface area contributed by atoms with Crippen LogP contribution in [-0.2, 0) is 0 Å². The van der Waals surface area contributed by atoms with Crippen molar-refractivity contribution in [2.75, 3.05) is 0 Å².